The van der Waals surface area contributed by atoms with Gasteiger partial charge in [0.25, 0.3) is 5.91 Å². The van der Waals surface area contributed by atoms with Gasteiger partial charge in [0, 0.05) is 16.8 Å². The van der Waals surface area contributed by atoms with Gasteiger partial charge in [-0.25, -0.2) is 4.98 Å². The second-order valence-corrected chi connectivity index (χ2v) is 6.87. The van der Waals surface area contributed by atoms with E-state index in [4.69, 9.17) is 25.5 Å². The van der Waals surface area contributed by atoms with Crippen molar-refractivity contribution in [1.82, 2.24) is 4.98 Å². The highest BCUT2D eigenvalue weighted by atomic mass is 35.5. The average molecular weight is 423 g/mol. The Morgan fingerprint density at radius 3 is 2.77 bits per heavy atom. The van der Waals surface area contributed by atoms with Crippen LogP contribution in [0, 0.1) is 0 Å². The van der Waals surface area contributed by atoms with Gasteiger partial charge in [-0.05, 0) is 61.5 Å². The number of fused-ring (bicyclic) bond motifs is 1. The van der Waals surface area contributed by atoms with Gasteiger partial charge in [-0.2, -0.15) is 0 Å². The van der Waals surface area contributed by atoms with Crippen LogP contribution in [0.25, 0.3) is 22.6 Å². The van der Waals surface area contributed by atoms with Gasteiger partial charge in [-0.3, -0.25) is 4.79 Å². The second kappa shape index (κ2) is 8.47. The fourth-order valence-corrected chi connectivity index (χ4v) is 3.28. The number of benzene rings is 3. The summed E-state index contributed by atoms with van der Waals surface area (Å²) >= 11 is 6.20. The third-order valence-corrected chi connectivity index (χ3v) is 4.75. The lowest BCUT2D eigenvalue weighted by atomic mass is 10.2. The third-order valence-electron chi connectivity index (χ3n) is 4.45. The summed E-state index contributed by atoms with van der Waals surface area (Å²) in [6, 6.07) is 17.7. The van der Waals surface area contributed by atoms with E-state index in [9.17, 15) is 4.79 Å². The summed E-state index contributed by atoms with van der Waals surface area (Å²) in [5.41, 5.74) is 3.08. The van der Waals surface area contributed by atoms with E-state index in [1.165, 1.54) is 0 Å². The summed E-state index contributed by atoms with van der Waals surface area (Å²) in [7, 11) is 1.56. The molecule has 0 spiro atoms. The Balaban J connectivity index is 1.57. The minimum Gasteiger partial charge on any atom is -0.495 e. The molecule has 152 valence electrons. The Bertz CT molecular complexity index is 1220. The number of nitrogens with one attached hydrogen (secondary N) is 1. The quantitative estimate of drug-likeness (QED) is 0.424. The van der Waals surface area contributed by atoms with Gasteiger partial charge in [0.2, 0.25) is 5.89 Å². The minimum absolute atomic E-state index is 0.235. The SMILES string of the molecule is CCOc1cccc(C(=O)Nc2ccc3oc(-c4ccc(OC)c(Cl)c4)nc3c2)c1. The van der Waals surface area contributed by atoms with Crippen molar-refractivity contribution in [3.05, 3.63) is 71.2 Å². The lowest BCUT2D eigenvalue weighted by Crippen LogP contribution is -2.11. The molecule has 0 radical (unpaired) electrons. The molecule has 30 heavy (non-hydrogen) atoms. The van der Waals surface area contributed by atoms with Crippen LogP contribution in [-0.4, -0.2) is 24.6 Å². The number of rotatable bonds is 6. The Hall–Kier alpha value is -3.51. The maximum Gasteiger partial charge on any atom is 0.255 e. The van der Waals surface area contributed by atoms with E-state index >= 15 is 0 Å². The molecule has 0 aliphatic carbocycles. The van der Waals surface area contributed by atoms with Crippen LogP contribution in [0.1, 0.15) is 17.3 Å². The van der Waals surface area contributed by atoms with Crippen molar-refractivity contribution in [3.63, 3.8) is 0 Å². The number of halogens is 1. The lowest BCUT2D eigenvalue weighted by molar-refractivity contribution is 0.102. The Morgan fingerprint density at radius 1 is 1.13 bits per heavy atom. The molecule has 4 aromatic rings. The first-order valence-corrected chi connectivity index (χ1v) is 9.74. The molecule has 0 saturated heterocycles. The van der Waals surface area contributed by atoms with Crippen LogP contribution in [0.2, 0.25) is 5.02 Å². The first kappa shape index (κ1) is 19.8. The summed E-state index contributed by atoms with van der Waals surface area (Å²) in [6.07, 6.45) is 0. The summed E-state index contributed by atoms with van der Waals surface area (Å²) in [5, 5.41) is 3.35. The Kier molecular flexibility index (Phi) is 5.59. The predicted octanol–water partition coefficient (Wildman–Crippen LogP) is 5.81. The van der Waals surface area contributed by atoms with Gasteiger partial charge >= 0.3 is 0 Å². The molecule has 0 unspecified atom stereocenters. The van der Waals surface area contributed by atoms with Gasteiger partial charge in [0.1, 0.15) is 17.0 Å². The van der Waals surface area contributed by atoms with E-state index < -0.39 is 0 Å². The molecule has 0 atom stereocenters. The summed E-state index contributed by atoms with van der Waals surface area (Å²) in [4.78, 5) is 17.1. The molecule has 0 aliphatic rings. The minimum atomic E-state index is -0.235. The fraction of sp³-hybridized carbons (Fsp3) is 0.130. The van der Waals surface area contributed by atoms with Gasteiger partial charge in [0.05, 0.1) is 18.7 Å². The number of nitrogens with zero attached hydrogens (tertiary/aromatic N) is 1. The number of oxazole rings is 1. The van der Waals surface area contributed by atoms with Crippen molar-refractivity contribution in [2.45, 2.75) is 6.92 Å². The molecule has 1 N–H and O–H groups in total. The predicted molar refractivity (Wildman–Crippen MR) is 117 cm³/mol. The molecule has 0 saturated carbocycles. The van der Waals surface area contributed by atoms with Crippen molar-refractivity contribution < 1.29 is 18.7 Å². The molecule has 1 aromatic heterocycles. The highest BCUT2D eigenvalue weighted by Gasteiger charge is 2.13. The molecule has 0 aliphatic heterocycles. The van der Waals surface area contributed by atoms with Crippen molar-refractivity contribution in [2.75, 3.05) is 19.0 Å². The molecular formula is C23H19ClN2O4. The van der Waals surface area contributed by atoms with E-state index in [0.717, 1.165) is 5.56 Å². The average Bonchev–Trinajstić information content (AvgIpc) is 3.17. The Morgan fingerprint density at radius 2 is 2.00 bits per heavy atom. The molecular weight excluding hydrogens is 404 g/mol. The van der Waals surface area contributed by atoms with E-state index in [1.807, 2.05) is 19.1 Å². The zero-order valence-corrected chi connectivity index (χ0v) is 17.2. The third kappa shape index (κ3) is 4.09. The second-order valence-electron chi connectivity index (χ2n) is 6.47. The highest BCUT2D eigenvalue weighted by molar-refractivity contribution is 6.32. The number of hydrogen-bond acceptors (Lipinski definition) is 5. The zero-order valence-electron chi connectivity index (χ0n) is 16.4. The number of ether oxygens (including phenoxy) is 2. The molecule has 1 amide bonds. The largest absolute Gasteiger partial charge is 0.495 e. The standard InChI is InChI=1S/C23H19ClN2O4/c1-3-29-17-6-4-5-14(11-17)22(27)25-16-8-10-21-19(13-16)26-23(30-21)15-7-9-20(28-2)18(24)12-15/h4-13H,3H2,1-2H3,(H,25,27). The van der Waals surface area contributed by atoms with Crippen molar-refractivity contribution in [1.29, 1.82) is 0 Å². The van der Waals surface area contributed by atoms with Crippen molar-refractivity contribution >= 4 is 34.3 Å². The zero-order chi connectivity index (χ0) is 21.1. The molecule has 1 heterocycles. The molecule has 3 aromatic carbocycles. The molecule has 4 rings (SSSR count). The fourth-order valence-electron chi connectivity index (χ4n) is 3.03. The number of methoxy groups -OCH3 is 1. The van der Waals surface area contributed by atoms with Gasteiger partial charge < -0.3 is 19.2 Å². The maximum atomic E-state index is 12.6. The van der Waals surface area contributed by atoms with Crippen molar-refractivity contribution in [3.8, 4) is 23.0 Å². The molecule has 6 nitrogen and oxygen atoms in total. The van der Waals surface area contributed by atoms with Crippen LogP contribution in [0.3, 0.4) is 0 Å². The number of hydrogen-bond donors (Lipinski definition) is 1. The summed E-state index contributed by atoms with van der Waals surface area (Å²) in [6.45, 7) is 2.43. The van der Waals surface area contributed by atoms with Gasteiger partial charge in [0.15, 0.2) is 5.58 Å². The summed E-state index contributed by atoms with van der Waals surface area (Å²) in [5.74, 6) is 1.43. The number of anilines is 1. The molecule has 0 bridgehead atoms. The first-order chi connectivity index (χ1) is 14.6. The first-order valence-electron chi connectivity index (χ1n) is 9.36. The highest BCUT2D eigenvalue weighted by Crippen LogP contribution is 2.32. The van der Waals surface area contributed by atoms with E-state index in [0.29, 0.717) is 51.4 Å². The van der Waals surface area contributed by atoms with E-state index in [1.54, 1.807) is 55.6 Å². The number of aromatic nitrogens is 1. The van der Waals surface area contributed by atoms with Gasteiger partial charge in [-0.15, -0.1) is 0 Å². The molecule has 7 heteroatoms. The van der Waals surface area contributed by atoms with Crippen LogP contribution < -0.4 is 14.8 Å². The topological polar surface area (TPSA) is 73.6 Å². The van der Waals surface area contributed by atoms with Crippen LogP contribution >= 0.6 is 11.6 Å². The van der Waals surface area contributed by atoms with Crippen LogP contribution in [-0.2, 0) is 0 Å². The number of carbonyl (C=O) groups excluding carboxylic acids is 1. The smallest absolute Gasteiger partial charge is 0.255 e. The van der Waals surface area contributed by atoms with Crippen LogP contribution in [0.15, 0.2) is 65.1 Å². The number of carbonyl (C=O) groups is 1. The van der Waals surface area contributed by atoms with Crippen LogP contribution in [0.5, 0.6) is 11.5 Å². The normalized spacial score (nSPS) is 10.8. The summed E-state index contributed by atoms with van der Waals surface area (Å²) < 4.78 is 16.5. The van der Waals surface area contributed by atoms with E-state index in [-0.39, 0.29) is 5.91 Å². The monoisotopic (exact) mass is 422 g/mol. The van der Waals surface area contributed by atoms with E-state index in [2.05, 4.69) is 10.3 Å². The number of amides is 1. The lowest BCUT2D eigenvalue weighted by Gasteiger charge is -2.07. The van der Waals surface area contributed by atoms with Crippen LogP contribution in [0.4, 0.5) is 5.69 Å². The molecule has 0 fully saturated rings. The Labute approximate surface area is 178 Å². The van der Waals surface area contributed by atoms with Gasteiger partial charge in [-0.1, -0.05) is 17.7 Å². The van der Waals surface area contributed by atoms with Crippen molar-refractivity contribution in [2.24, 2.45) is 0 Å². The maximum absolute atomic E-state index is 12.6.